The smallest absolute Gasteiger partial charge is 0.126 e. The van der Waals surface area contributed by atoms with Crippen molar-refractivity contribution in [3.63, 3.8) is 0 Å². The molecule has 1 rings (SSSR count). The fourth-order valence-electron chi connectivity index (χ4n) is 0.818. The molecular formula is C9H8F2O. The molecule has 0 fully saturated rings. The first kappa shape index (κ1) is 8.71. The van der Waals surface area contributed by atoms with Gasteiger partial charge in [0.1, 0.15) is 11.6 Å². The van der Waals surface area contributed by atoms with Gasteiger partial charge in [0.05, 0.1) is 13.4 Å². The number of ether oxygens (including phenoxy) is 1. The number of methoxy groups -OCH3 is 1. The van der Waals surface area contributed by atoms with E-state index < -0.39 is 11.6 Å². The first-order valence-electron chi connectivity index (χ1n) is 3.38. The maximum atomic E-state index is 12.5. The zero-order valence-corrected chi connectivity index (χ0v) is 6.55. The summed E-state index contributed by atoms with van der Waals surface area (Å²) in [6.07, 6.45) is 2.83. The largest absolute Gasteiger partial charge is 0.504 e. The Morgan fingerprint density at radius 2 is 1.75 bits per heavy atom. The second-order valence-corrected chi connectivity index (χ2v) is 2.24. The Kier molecular flexibility index (Phi) is 2.80. The van der Waals surface area contributed by atoms with Crippen LogP contribution in [-0.2, 0) is 4.74 Å². The number of benzene rings is 1. The number of hydrogen-bond acceptors (Lipinski definition) is 1. The highest BCUT2D eigenvalue weighted by molar-refractivity contribution is 5.48. The van der Waals surface area contributed by atoms with E-state index in [-0.39, 0.29) is 0 Å². The van der Waals surface area contributed by atoms with Crippen molar-refractivity contribution in [1.29, 1.82) is 0 Å². The quantitative estimate of drug-likeness (QED) is 0.620. The van der Waals surface area contributed by atoms with Crippen LogP contribution in [0.5, 0.6) is 0 Å². The van der Waals surface area contributed by atoms with Crippen LogP contribution in [0, 0.1) is 11.6 Å². The maximum Gasteiger partial charge on any atom is 0.126 e. The highest BCUT2D eigenvalue weighted by atomic mass is 19.1. The standard InChI is InChI=1S/C9H8F2O/c1-12-3-2-7-4-8(10)6-9(11)5-7/h2-6H,1H3/b3-2+. The van der Waals surface area contributed by atoms with E-state index in [4.69, 9.17) is 0 Å². The molecule has 3 heteroatoms. The summed E-state index contributed by atoms with van der Waals surface area (Å²) in [6.45, 7) is 0. The molecule has 0 atom stereocenters. The van der Waals surface area contributed by atoms with Gasteiger partial charge in [-0.05, 0) is 23.8 Å². The molecule has 0 unspecified atom stereocenters. The van der Waals surface area contributed by atoms with Crippen molar-refractivity contribution < 1.29 is 13.5 Å². The monoisotopic (exact) mass is 170 g/mol. The third-order valence-electron chi connectivity index (χ3n) is 1.28. The van der Waals surface area contributed by atoms with Crippen LogP contribution in [-0.4, -0.2) is 7.11 Å². The van der Waals surface area contributed by atoms with Crippen LogP contribution >= 0.6 is 0 Å². The van der Waals surface area contributed by atoms with E-state index in [0.717, 1.165) is 6.07 Å². The molecule has 0 aliphatic carbocycles. The van der Waals surface area contributed by atoms with E-state index in [1.165, 1.54) is 31.6 Å². The SMILES string of the molecule is CO/C=C/c1cc(F)cc(F)c1. The van der Waals surface area contributed by atoms with Gasteiger partial charge < -0.3 is 4.74 Å². The molecule has 0 amide bonds. The molecule has 0 heterocycles. The maximum absolute atomic E-state index is 12.5. The van der Waals surface area contributed by atoms with Gasteiger partial charge in [0.15, 0.2) is 0 Å². The molecule has 1 nitrogen and oxygen atoms in total. The van der Waals surface area contributed by atoms with Gasteiger partial charge >= 0.3 is 0 Å². The zero-order chi connectivity index (χ0) is 8.97. The van der Waals surface area contributed by atoms with Gasteiger partial charge in [-0.1, -0.05) is 0 Å². The van der Waals surface area contributed by atoms with Gasteiger partial charge in [0.25, 0.3) is 0 Å². The minimum absolute atomic E-state index is 0.439. The van der Waals surface area contributed by atoms with E-state index in [2.05, 4.69) is 4.74 Å². The summed E-state index contributed by atoms with van der Waals surface area (Å²) in [7, 11) is 1.46. The molecular weight excluding hydrogens is 162 g/mol. The van der Waals surface area contributed by atoms with Crippen LogP contribution in [0.1, 0.15) is 5.56 Å². The van der Waals surface area contributed by atoms with Crippen molar-refractivity contribution in [2.45, 2.75) is 0 Å². The van der Waals surface area contributed by atoms with Crippen LogP contribution in [0.4, 0.5) is 8.78 Å². The molecule has 0 radical (unpaired) electrons. The molecule has 0 bridgehead atoms. The summed E-state index contributed by atoms with van der Waals surface area (Å²) < 4.78 is 29.7. The Hall–Kier alpha value is -1.38. The van der Waals surface area contributed by atoms with Crippen molar-refractivity contribution >= 4 is 6.08 Å². The lowest BCUT2D eigenvalue weighted by Crippen LogP contribution is -1.81. The first-order valence-corrected chi connectivity index (χ1v) is 3.38. The van der Waals surface area contributed by atoms with E-state index in [1.54, 1.807) is 0 Å². The average molecular weight is 170 g/mol. The van der Waals surface area contributed by atoms with E-state index in [1.807, 2.05) is 0 Å². The third-order valence-corrected chi connectivity index (χ3v) is 1.28. The Bertz CT molecular complexity index is 274. The third kappa shape index (κ3) is 2.34. The van der Waals surface area contributed by atoms with Crippen LogP contribution < -0.4 is 0 Å². The summed E-state index contributed by atoms with van der Waals surface area (Å²) >= 11 is 0. The molecule has 64 valence electrons. The minimum atomic E-state index is -0.592. The molecule has 0 aliphatic rings. The summed E-state index contributed by atoms with van der Waals surface area (Å²) in [6, 6.07) is 3.27. The topological polar surface area (TPSA) is 9.23 Å². The van der Waals surface area contributed by atoms with Crippen molar-refractivity contribution in [1.82, 2.24) is 0 Å². The normalized spacial score (nSPS) is 10.6. The fourth-order valence-corrected chi connectivity index (χ4v) is 0.818. The zero-order valence-electron chi connectivity index (χ0n) is 6.55. The summed E-state index contributed by atoms with van der Waals surface area (Å²) in [5, 5.41) is 0. The molecule has 1 aromatic rings. The Labute approximate surface area is 69.3 Å². The van der Waals surface area contributed by atoms with Crippen LogP contribution in [0.3, 0.4) is 0 Å². The molecule has 0 saturated heterocycles. The van der Waals surface area contributed by atoms with Gasteiger partial charge in [-0.25, -0.2) is 8.78 Å². The van der Waals surface area contributed by atoms with Crippen molar-refractivity contribution in [3.05, 3.63) is 41.7 Å². The Morgan fingerprint density at radius 1 is 1.17 bits per heavy atom. The number of halogens is 2. The predicted octanol–water partition coefficient (Wildman–Crippen LogP) is 2.58. The molecule has 0 N–H and O–H groups in total. The molecule has 0 spiro atoms. The second kappa shape index (κ2) is 3.85. The number of hydrogen-bond donors (Lipinski definition) is 0. The van der Waals surface area contributed by atoms with E-state index >= 15 is 0 Å². The highest BCUT2D eigenvalue weighted by Gasteiger charge is 1.96. The van der Waals surface area contributed by atoms with E-state index in [0.29, 0.717) is 5.56 Å². The minimum Gasteiger partial charge on any atom is -0.504 e. The first-order chi connectivity index (χ1) is 5.72. The predicted molar refractivity (Wildman–Crippen MR) is 42.4 cm³/mol. The summed E-state index contributed by atoms with van der Waals surface area (Å²) in [5.74, 6) is -1.18. The van der Waals surface area contributed by atoms with Gasteiger partial charge in [0.2, 0.25) is 0 Å². The van der Waals surface area contributed by atoms with Crippen LogP contribution in [0.25, 0.3) is 6.08 Å². The summed E-state index contributed by atoms with van der Waals surface area (Å²) in [4.78, 5) is 0. The van der Waals surface area contributed by atoms with Gasteiger partial charge in [-0.3, -0.25) is 0 Å². The molecule has 0 aromatic heterocycles. The van der Waals surface area contributed by atoms with Gasteiger partial charge in [-0.15, -0.1) is 0 Å². The highest BCUT2D eigenvalue weighted by Crippen LogP contribution is 2.09. The van der Waals surface area contributed by atoms with Crippen molar-refractivity contribution in [2.24, 2.45) is 0 Å². The van der Waals surface area contributed by atoms with Crippen LogP contribution in [0.15, 0.2) is 24.5 Å². The lowest BCUT2D eigenvalue weighted by molar-refractivity contribution is 0.341. The van der Waals surface area contributed by atoms with Crippen molar-refractivity contribution in [2.75, 3.05) is 7.11 Å². The lowest BCUT2D eigenvalue weighted by Gasteiger charge is -1.94. The van der Waals surface area contributed by atoms with Gasteiger partial charge in [-0.2, -0.15) is 0 Å². The molecule has 12 heavy (non-hydrogen) atoms. The van der Waals surface area contributed by atoms with Gasteiger partial charge in [0, 0.05) is 6.07 Å². The Morgan fingerprint density at radius 3 is 2.25 bits per heavy atom. The number of rotatable bonds is 2. The lowest BCUT2D eigenvalue weighted by atomic mass is 10.2. The summed E-state index contributed by atoms with van der Waals surface area (Å²) in [5.41, 5.74) is 0.439. The average Bonchev–Trinajstić information content (AvgIpc) is 1.99. The Balaban J connectivity index is 2.93. The molecule has 1 aromatic carbocycles. The molecule has 0 saturated carbocycles. The fraction of sp³-hybridized carbons (Fsp3) is 0.111. The van der Waals surface area contributed by atoms with E-state index in [9.17, 15) is 8.78 Å². The van der Waals surface area contributed by atoms with Crippen molar-refractivity contribution in [3.8, 4) is 0 Å². The molecule has 0 aliphatic heterocycles. The second-order valence-electron chi connectivity index (χ2n) is 2.24. The van der Waals surface area contributed by atoms with Crippen LogP contribution in [0.2, 0.25) is 0 Å².